The van der Waals surface area contributed by atoms with Gasteiger partial charge in [0.2, 0.25) is 0 Å². The number of hydrogen-bond donors (Lipinski definition) is 0. The fourth-order valence-electron chi connectivity index (χ4n) is 1.11. The normalized spacial score (nSPS) is 9.85. The average molecular weight is 243 g/mol. The molecule has 0 saturated heterocycles. The lowest BCUT2D eigenvalue weighted by molar-refractivity contribution is 0.101. The molecule has 1 rings (SSSR count). The number of ether oxygens (including phenoxy) is 1. The van der Waals surface area contributed by atoms with Crippen molar-refractivity contribution in [2.45, 2.75) is 13.8 Å². The van der Waals surface area contributed by atoms with Gasteiger partial charge in [-0.3, -0.25) is 4.79 Å². The zero-order valence-electron chi connectivity index (χ0n) is 7.85. The van der Waals surface area contributed by atoms with E-state index in [4.69, 9.17) is 4.74 Å². The predicted molar refractivity (Wildman–Crippen MR) is 55.4 cm³/mol. The third-order valence-corrected chi connectivity index (χ3v) is 2.90. The molecule has 1 aromatic carbocycles. The van der Waals surface area contributed by atoms with E-state index < -0.39 is 0 Å². The van der Waals surface area contributed by atoms with Crippen LogP contribution in [0.25, 0.3) is 0 Å². The summed E-state index contributed by atoms with van der Waals surface area (Å²) in [6, 6.07) is 3.62. The maximum Gasteiger partial charge on any atom is 0.161 e. The monoisotopic (exact) mass is 242 g/mol. The van der Waals surface area contributed by atoms with E-state index in [1.807, 2.05) is 13.0 Å². The Morgan fingerprint density at radius 1 is 1.46 bits per heavy atom. The Morgan fingerprint density at radius 2 is 2.08 bits per heavy atom. The minimum absolute atomic E-state index is 0.0360. The summed E-state index contributed by atoms with van der Waals surface area (Å²) in [4.78, 5) is 11.2. The highest BCUT2D eigenvalue weighted by Crippen LogP contribution is 2.27. The number of halogens is 1. The van der Waals surface area contributed by atoms with Crippen molar-refractivity contribution < 1.29 is 9.53 Å². The first-order valence-electron chi connectivity index (χ1n) is 3.91. The van der Waals surface area contributed by atoms with Crippen LogP contribution in [0.1, 0.15) is 22.8 Å². The summed E-state index contributed by atoms with van der Waals surface area (Å²) in [6.07, 6.45) is 0. The highest BCUT2D eigenvalue weighted by atomic mass is 79.9. The molecule has 0 heterocycles. The summed E-state index contributed by atoms with van der Waals surface area (Å²) >= 11 is 3.37. The Bertz CT molecular complexity index is 345. The van der Waals surface area contributed by atoms with Crippen LogP contribution in [-0.4, -0.2) is 12.9 Å². The Balaban J connectivity index is 3.33. The molecule has 0 spiro atoms. The lowest BCUT2D eigenvalue weighted by atomic mass is 10.1. The van der Waals surface area contributed by atoms with E-state index in [0.717, 1.165) is 10.0 Å². The van der Waals surface area contributed by atoms with Gasteiger partial charge in [-0.1, -0.05) is 0 Å². The first-order valence-corrected chi connectivity index (χ1v) is 4.70. The minimum Gasteiger partial charge on any atom is -0.497 e. The maximum atomic E-state index is 11.2. The minimum atomic E-state index is 0.0360. The van der Waals surface area contributed by atoms with Crippen molar-refractivity contribution in [2.24, 2.45) is 0 Å². The molecule has 3 heteroatoms. The molecule has 0 atom stereocenters. The van der Waals surface area contributed by atoms with Crippen molar-refractivity contribution in [2.75, 3.05) is 7.11 Å². The number of rotatable bonds is 2. The molecule has 0 radical (unpaired) electrons. The molecule has 0 aliphatic rings. The molecule has 0 N–H and O–H groups in total. The van der Waals surface area contributed by atoms with Crippen LogP contribution in [0.2, 0.25) is 0 Å². The highest BCUT2D eigenvalue weighted by Gasteiger charge is 2.09. The van der Waals surface area contributed by atoms with Gasteiger partial charge in [-0.25, -0.2) is 0 Å². The first kappa shape index (κ1) is 10.3. The molecule has 0 unspecified atom stereocenters. The summed E-state index contributed by atoms with van der Waals surface area (Å²) in [5, 5.41) is 0. The third-order valence-electron chi connectivity index (χ3n) is 1.84. The Labute approximate surface area is 86.0 Å². The van der Waals surface area contributed by atoms with E-state index in [-0.39, 0.29) is 5.78 Å². The molecule has 1 aromatic rings. The topological polar surface area (TPSA) is 26.3 Å². The van der Waals surface area contributed by atoms with E-state index >= 15 is 0 Å². The van der Waals surface area contributed by atoms with Gasteiger partial charge in [0, 0.05) is 10.0 Å². The SMILES string of the molecule is COc1cc(C)c(Br)c(C(C)=O)c1. The third kappa shape index (κ3) is 2.10. The van der Waals surface area contributed by atoms with E-state index in [9.17, 15) is 4.79 Å². The van der Waals surface area contributed by atoms with Gasteiger partial charge in [-0.15, -0.1) is 0 Å². The summed E-state index contributed by atoms with van der Waals surface area (Å²) in [7, 11) is 1.59. The molecule has 0 aliphatic carbocycles. The molecule has 0 amide bonds. The van der Waals surface area contributed by atoms with Gasteiger partial charge in [0.15, 0.2) is 5.78 Å². The van der Waals surface area contributed by atoms with Crippen molar-refractivity contribution >= 4 is 21.7 Å². The maximum absolute atomic E-state index is 11.2. The van der Waals surface area contributed by atoms with Gasteiger partial charge in [-0.05, 0) is 47.5 Å². The van der Waals surface area contributed by atoms with Crippen LogP contribution < -0.4 is 4.74 Å². The first-order chi connectivity index (χ1) is 6.06. The van der Waals surface area contributed by atoms with Crippen LogP contribution in [0, 0.1) is 6.92 Å². The number of carbonyl (C=O) groups is 1. The molecule has 0 fully saturated rings. The molecule has 0 aromatic heterocycles. The van der Waals surface area contributed by atoms with E-state index in [0.29, 0.717) is 11.3 Å². The summed E-state index contributed by atoms with van der Waals surface area (Å²) in [5.41, 5.74) is 1.67. The number of Topliss-reactive ketones (excluding diaryl/α,β-unsaturated/α-hetero) is 1. The van der Waals surface area contributed by atoms with Crippen LogP contribution in [0.4, 0.5) is 0 Å². The zero-order chi connectivity index (χ0) is 10.0. The van der Waals surface area contributed by atoms with Gasteiger partial charge in [0.1, 0.15) is 5.75 Å². The van der Waals surface area contributed by atoms with Crippen molar-refractivity contribution in [3.05, 3.63) is 27.7 Å². The van der Waals surface area contributed by atoms with Gasteiger partial charge >= 0.3 is 0 Å². The second-order valence-electron chi connectivity index (χ2n) is 2.86. The summed E-state index contributed by atoms with van der Waals surface area (Å²) in [6.45, 7) is 3.47. The van der Waals surface area contributed by atoms with Crippen molar-refractivity contribution in [1.29, 1.82) is 0 Å². The van der Waals surface area contributed by atoms with Crippen LogP contribution in [-0.2, 0) is 0 Å². The quantitative estimate of drug-likeness (QED) is 0.746. The number of aryl methyl sites for hydroxylation is 1. The van der Waals surface area contributed by atoms with Gasteiger partial charge in [-0.2, -0.15) is 0 Å². The lowest BCUT2D eigenvalue weighted by Gasteiger charge is -2.07. The zero-order valence-corrected chi connectivity index (χ0v) is 9.44. The Kier molecular flexibility index (Phi) is 3.09. The number of hydrogen-bond acceptors (Lipinski definition) is 2. The molecule has 0 bridgehead atoms. The lowest BCUT2D eigenvalue weighted by Crippen LogP contribution is -1.97. The van der Waals surface area contributed by atoms with Gasteiger partial charge in [0.05, 0.1) is 7.11 Å². The molecular formula is C10H11BrO2. The second-order valence-corrected chi connectivity index (χ2v) is 3.66. The van der Waals surface area contributed by atoms with Gasteiger partial charge < -0.3 is 4.74 Å². The molecule has 0 aliphatic heterocycles. The summed E-state index contributed by atoms with van der Waals surface area (Å²) in [5.74, 6) is 0.750. The standard InChI is InChI=1S/C10H11BrO2/c1-6-4-8(13-3)5-9(7(2)12)10(6)11/h4-5H,1-3H3. The molecule has 2 nitrogen and oxygen atoms in total. The molecule has 13 heavy (non-hydrogen) atoms. The molecule has 0 saturated carbocycles. The second kappa shape index (κ2) is 3.92. The number of ketones is 1. The van der Waals surface area contributed by atoms with Crippen molar-refractivity contribution in [1.82, 2.24) is 0 Å². The van der Waals surface area contributed by atoms with Crippen molar-refractivity contribution in [3.63, 3.8) is 0 Å². The predicted octanol–water partition coefficient (Wildman–Crippen LogP) is 2.97. The van der Waals surface area contributed by atoms with E-state index in [2.05, 4.69) is 15.9 Å². The smallest absolute Gasteiger partial charge is 0.161 e. The Morgan fingerprint density at radius 3 is 2.54 bits per heavy atom. The van der Waals surface area contributed by atoms with Crippen LogP contribution in [0.15, 0.2) is 16.6 Å². The fourth-order valence-corrected chi connectivity index (χ4v) is 1.62. The number of benzene rings is 1. The average Bonchev–Trinajstić information content (AvgIpc) is 2.09. The molecular weight excluding hydrogens is 232 g/mol. The van der Waals surface area contributed by atoms with E-state index in [1.165, 1.54) is 0 Å². The van der Waals surface area contributed by atoms with Gasteiger partial charge in [0.25, 0.3) is 0 Å². The highest BCUT2D eigenvalue weighted by molar-refractivity contribution is 9.10. The largest absolute Gasteiger partial charge is 0.497 e. The summed E-state index contributed by atoms with van der Waals surface area (Å²) < 4.78 is 5.92. The van der Waals surface area contributed by atoms with Crippen molar-refractivity contribution in [3.8, 4) is 5.75 Å². The van der Waals surface area contributed by atoms with Crippen LogP contribution >= 0.6 is 15.9 Å². The Hall–Kier alpha value is -0.830. The van der Waals surface area contributed by atoms with Crippen LogP contribution in [0.3, 0.4) is 0 Å². The van der Waals surface area contributed by atoms with E-state index in [1.54, 1.807) is 20.1 Å². The fraction of sp³-hybridized carbons (Fsp3) is 0.300. The van der Waals surface area contributed by atoms with Crippen LogP contribution in [0.5, 0.6) is 5.75 Å². The number of methoxy groups -OCH3 is 1. The number of carbonyl (C=O) groups excluding carboxylic acids is 1. The molecule has 70 valence electrons.